The van der Waals surface area contributed by atoms with Crippen molar-refractivity contribution in [2.75, 3.05) is 6.61 Å². The van der Waals surface area contributed by atoms with Crippen molar-refractivity contribution in [2.24, 2.45) is 11.7 Å². The van der Waals surface area contributed by atoms with E-state index in [-0.39, 0.29) is 12.1 Å². The van der Waals surface area contributed by atoms with Crippen LogP contribution in [0.1, 0.15) is 24.8 Å². The summed E-state index contributed by atoms with van der Waals surface area (Å²) in [4.78, 5) is 4.66. The molecule has 2 unspecified atom stereocenters. The van der Waals surface area contributed by atoms with Crippen LogP contribution in [0.5, 0.6) is 0 Å². The van der Waals surface area contributed by atoms with E-state index in [9.17, 15) is 0 Å². The zero-order valence-corrected chi connectivity index (χ0v) is 12.0. The van der Waals surface area contributed by atoms with Gasteiger partial charge in [0.2, 0.25) is 0 Å². The van der Waals surface area contributed by atoms with Crippen molar-refractivity contribution < 1.29 is 4.74 Å². The number of aromatic nitrogens is 1. The average molecular weight is 276 g/mol. The van der Waals surface area contributed by atoms with Crippen LogP contribution in [0.2, 0.25) is 0 Å². The van der Waals surface area contributed by atoms with E-state index in [4.69, 9.17) is 10.5 Å². The molecular weight excluding hydrogens is 256 g/mol. The largest absolute Gasteiger partial charge is 0.377 e. The molecule has 3 nitrogen and oxygen atoms in total. The lowest BCUT2D eigenvalue weighted by Crippen LogP contribution is -2.40. The molecule has 0 aliphatic heterocycles. The Kier molecular flexibility index (Phi) is 3.82. The molecule has 3 rings (SSSR count). The molecule has 1 fully saturated rings. The van der Waals surface area contributed by atoms with Crippen LogP contribution in [0, 0.1) is 5.92 Å². The van der Waals surface area contributed by atoms with E-state index in [1.54, 1.807) is 11.3 Å². The second-order valence-corrected chi connectivity index (χ2v) is 6.32. The molecule has 4 heteroatoms. The van der Waals surface area contributed by atoms with Gasteiger partial charge < -0.3 is 10.5 Å². The second kappa shape index (κ2) is 5.57. The van der Waals surface area contributed by atoms with Gasteiger partial charge in [-0.25, -0.2) is 4.98 Å². The van der Waals surface area contributed by atoms with Gasteiger partial charge in [-0.15, -0.1) is 11.3 Å². The molecule has 102 valence electrons. The summed E-state index contributed by atoms with van der Waals surface area (Å²) in [6.45, 7) is 2.79. The van der Waals surface area contributed by atoms with Crippen LogP contribution in [0.4, 0.5) is 0 Å². The molecule has 1 aliphatic rings. The highest BCUT2D eigenvalue weighted by molar-refractivity contribution is 7.18. The molecule has 0 spiro atoms. The third kappa shape index (κ3) is 2.96. The molecule has 1 aliphatic carbocycles. The van der Waals surface area contributed by atoms with Crippen molar-refractivity contribution in [3.63, 3.8) is 0 Å². The zero-order chi connectivity index (χ0) is 13.2. The lowest BCUT2D eigenvalue weighted by atomic mass is 10.0. The number of rotatable bonds is 6. The Hall–Kier alpha value is -0.970. The van der Waals surface area contributed by atoms with E-state index in [0.29, 0.717) is 5.92 Å². The van der Waals surface area contributed by atoms with E-state index in [0.717, 1.165) is 23.6 Å². The number of fused-ring (bicyclic) bond motifs is 1. The summed E-state index contributed by atoms with van der Waals surface area (Å²) in [7, 11) is 0. The summed E-state index contributed by atoms with van der Waals surface area (Å²) in [5.41, 5.74) is 7.42. The zero-order valence-electron chi connectivity index (χ0n) is 11.2. The second-order valence-electron chi connectivity index (χ2n) is 5.20. The van der Waals surface area contributed by atoms with Crippen molar-refractivity contribution in [3.05, 3.63) is 29.3 Å². The Bertz CT molecular complexity index is 517. The van der Waals surface area contributed by atoms with E-state index in [2.05, 4.69) is 23.2 Å². The van der Waals surface area contributed by atoms with Crippen LogP contribution < -0.4 is 5.73 Å². The van der Waals surface area contributed by atoms with Crippen LogP contribution in [0.25, 0.3) is 10.2 Å². The Labute approximate surface area is 117 Å². The maximum Gasteiger partial charge on any atom is 0.0955 e. The first-order chi connectivity index (χ1) is 9.28. The lowest BCUT2D eigenvalue weighted by molar-refractivity contribution is 0.0288. The molecule has 0 bridgehead atoms. The number of benzene rings is 1. The molecule has 19 heavy (non-hydrogen) atoms. The van der Waals surface area contributed by atoms with Crippen LogP contribution in [0.15, 0.2) is 24.3 Å². The van der Waals surface area contributed by atoms with Crippen LogP contribution in [-0.2, 0) is 11.2 Å². The Morgan fingerprint density at radius 1 is 1.42 bits per heavy atom. The minimum Gasteiger partial charge on any atom is -0.377 e. The highest BCUT2D eigenvalue weighted by atomic mass is 32.1. The van der Waals surface area contributed by atoms with Gasteiger partial charge in [-0.05, 0) is 37.8 Å². The minimum atomic E-state index is 0.0630. The molecule has 1 aromatic heterocycles. The van der Waals surface area contributed by atoms with Crippen LogP contribution >= 0.6 is 11.3 Å². The standard InChI is InChI=1S/C15H20N2OS/c1-2-18-15(10-7-8-10)11(16)9-14-17-12-5-3-4-6-13(12)19-14/h3-6,10-11,15H,2,7-9,16H2,1H3. The Morgan fingerprint density at radius 2 is 2.21 bits per heavy atom. The fourth-order valence-corrected chi connectivity index (χ4v) is 3.59. The molecule has 0 radical (unpaired) electrons. The van der Waals surface area contributed by atoms with Gasteiger partial charge in [0.15, 0.2) is 0 Å². The van der Waals surface area contributed by atoms with Gasteiger partial charge in [-0.2, -0.15) is 0 Å². The first-order valence-electron chi connectivity index (χ1n) is 6.99. The van der Waals surface area contributed by atoms with Crippen molar-refractivity contribution >= 4 is 21.6 Å². The van der Waals surface area contributed by atoms with Crippen molar-refractivity contribution in [3.8, 4) is 0 Å². The predicted molar refractivity (Wildman–Crippen MR) is 79.4 cm³/mol. The Morgan fingerprint density at radius 3 is 2.89 bits per heavy atom. The van der Waals surface area contributed by atoms with E-state index in [1.165, 1.54) is 17.5 Å². The van der Waals surface area contributed by atoms with E-state index >= 15 is 0 Å². The number of nitrogens with zero attached hydrogens (tertiary/aromatic N) is 1. The van der Waals surface area contributed by atoms with Crippen LogP contribution in [-0.4, -0.2) is 23.7 Å². The molecule has 2 N–H and O–H groups in total. The molecule has 1 heterocycles. The molecule has 1 saturated carbocycles. The first-order valence-corrected chi connectivity index (χ1v) is 7.81. The molecular formula is C15H20N2OS. The number of ether oxygens (including phenoxy) is 1. The summed E-state index contributed by atoms with van der Waals surface area (Å²) < 4.78 is 7.07. The van der Waals surface area contributed by atoms with Crippen molar-refractivity contribution in [2.45, 2.75) is 38.3 Å². The first kappa shape index (κ1) is 13.0. The molecule has 0 saturated heterocycles. The van der Waals surface area contributed by atoms with Gasteiger partial charge in [0.25, 0.3) is 0 Å². The summed E-state index contributed by atoms with van der Waals surface area (Å²) in [6, 6.07) is 8.31. The van der Waals surface area contributed by atoms with E-state index in [1.807, 2.05) is 13.0 Å². The van der Waals surface area contributed by atoms with Crippen molar-refractivity contribution in [1.29, 1.82) is 0 Å². The Balaban J connectivity index is 1.72. The SMILES string of the molecule is CCOC(C(N)Cc1nc2ccccc2s1)C1CC1. The topological polar surface area (TPSA) is 48.1 Å². The maximum atomic E-state index is 6.34. The number of hydrogen-bond donors (Lipinski definition) is 1. The fraction of sp³-hybridized carbons (Fsp3) is 0.533. The van der Waals surface area contributed by atoms with Gasteiger partial charge in [-0.1, -0.05) is 12.1 Å². The summed E-state index contributed by atoms with van der Waals surface area (Å²) >= 11 is 1.75. The lowest BCUT2D eigenvalue weighted by Gasteiger charge is -2.22. The summed E-state index contributed by atoms with van der Waals surface area (Å²) in [5.74, 6) is 0.671. The van der Waals surface area contributed by atoms with Gasteiger partial charge in [0.1, 0.15) is 0 Å². The van der Waals surface area contributed by atoms with E-state index < -0.39 is 0 Å². The molecule has 1 aromatic carbocycles. The van der Waals surface area contributed by atoms with Gasteiger partial charge >= 0.3 is 0 Å². The summed E-state index contributed by atoms with van der Waals surface area (Å²) in [5, 5.41) is 1.12. The average Bonchev–Trinajstić information content (AvgIpc) is 3.15. The summed E-state index contributed by atoms with van der Waals surface area (Å²) in [6.07, 6.45) is 3.55. The van der Waals surface area contributed by atoms with Gasteiger partial charge in [-0.3, -0.25) is 0 Å². The number of hydrogen-bond acceptors (Lipinski definition) is 4. The quantitative estimate of drug-likeness (QED) is 0.882. The fourth-order valence-electron chi connectivity index (χ4n) is 2.55. The number of thiazole rings is 1. The highest BCUT2D eigenvalue weighted by Crippen LogP contribution is 2.36. The third-order valence-corrected chi connectivity index (χ3v) is 4.67. The van der Waals surface area contributed by atoms with Gasteiger partial charge in [0, 0.05) is 19.1 Å². The van der Waals surface area contributed by atoms with Gasteiger partial charge in [0.05, 0.1) is 21.3 Å². The highest BCUT2D eigenvalue weighted by Gasteiger charge is 2.36. The smallest absolute Gasteiger partial charge is 0.0955 e. The molecule has 2 atom stereocenters. The molecule has 2 aromatic rings. The number of para-hydroxylation sites is 1. The monoisotopic (exact) mass is 276 g/mol. The third-order valence-electron chi connectivity index (χ3n) is 3.62. The molecule has 0 amide bonds. The minimum absolute atomic E-state index is 0.0630. The normalized spacial score (nSPS) is 18.6. The van der Waals surface area contributed by atoms with Crippen molar-refractivity contribution in [1.82, 2.24) is 4.98 Å². The van der Waals surface area contributed by atoms with Crippen LogP contribution in [0.3, 0.4) is 0 Å². The number of nitrogens with two attached hydrogens (primary N) is 1. The maximum absolute atomic E-state index is 6.34. The predicted octanol–water partition coefficient (Wildman–Crippen LogP) is 2.98.